The Morgan fingerprint density at radius 1 is 1.40 bits per heavy atom. The molecule has 6 nitrogen and oxygen atoms in total. The molecule has 0 saturated heterocycles. The van der Waals surface area contributed by atoms with E-state index in [1.807, 2.05) is 0 Å². The molecule has 0 aliphatic rings. The van der Waals surface area contributed by atoms with Gasteiger partial charge in [0.2, 0.25) is 10.0 Å². The standard InChI is InChI=1S/C12H15FN4O2S/c1-10(6-17-9-14-8-15-17)16-20(18,19)7-11-4-2-3-5-12(11)13/h2-5,8-10,16H,6-7H2,1H3. The van der Waals surface area contributed by atoms with Gasteiger partial charge in [0.15, 0.2) is 0 Å². The molecular formula is C12H15FN4O2S. The minimum absolute atomic E-state index is 0.146. The molecule has 8 heteroatoms. The minimum Gasteiger partial charge on any atom is -0.251 e. The molecule has 1 aromatic heterocycles. The van der Waals surface area contributed by atoms with Crippen LogP contribution in [-0.2, 0) is 22.3 Å². The molecule has 1 N–H and O–H groups in total. The molecule has 0 saturated carbocycles. The quantitative estimate of drug-likeness (QED) is 0.860. The topological polar surface area (TPSA) is 76.9 Å². The summed E-state index contributed by atoms with van der Waals surface area (Å²) in [6.45, 7) is 2.07. The molecule has 0 aliphatic carbocycles. The fourth-order valence-electron chi connectivity index (χ4n) is 1.81. The summed E-state index contributed by atoms with van der Waals surface area (Å²) in [4.78, 5) is 3.78. The molecule has 1 unspecified atom stereocenters. The molecule has 0 radical (unpaired) electrons. The van der Waals surface area contributed by atoms with Crippen LogP contribution in [0.1, 0.15) is 12.5 Å². The van der Waals surface area contributed by atoms with E-state index in [1.165, 1.54) is 35.5 Å². The highest BCUT2D eigenvalue weighted by Gasteiger charge is 2.17. The summed E-state index contributed by atoms with van der Waals surface area (Å²) in [5.74, 6) is -0.914. The zero-order chi connectivity index (χ0) is 14.6. The number of nitrogens with one attached hydrogen (secondary N) is 1. The lowest BCUT2D eigenvalue weighted by Crippen LogP contribution is -2.36. The van der Waals surface area contributed by atoms with Gasteiger partial charge in [0.25, 0.3) is 0 Å². The predicted molar refractivity (Wildman–Crippen MR) is 71.6 cm³/mol. The van der Waals surface area contributed by atoms with Crippen molar-refractivity contribution in [2.75, 3.05) is 0 Å². The summed E-state index contributed by atoms with van der Waals surface area (Å²) in [7, 11) is -3.61. The van der Waals surface area contributed by atoms with Gasteiger partial charge >= 0.3 is 0 Å². The zero-order valence-corrected chi connectivity index (χ0v) is 11.7. The van der Waals surface area contributed by atoms with Crippen molar-refractivity contribution in [1.29, 1.82) is 0 Å². The fraction of sp³-hybridized carbons (Fsp3) is 0.333. The molecule has 108 valence electrons. The van der Waals surface area contributed by atoms with Crippen molar-refractivity contribution in [1.82, 2.24) is 19.5 Å². The van der Waals surface area contributed by atoms with Crippen molar-refractivity contribution in [3.63, 3.8) is 0 Å². The van der Waals surface area contributed by atoms with Gasteiger partial charge in [-0.3, -0.25) is 4.68 Å². The summed E-state index contributed by atoms with van der Waals surface area (Å²) in [5, 5.41) is 3.90. The minimum atomic E-state index is -3.61. The van der Waals surface area contributed by atoms with Crippen molar-refractivity contribution in [2.24, 2.45) is 0 Å². The molecule has 0 amide bonds. The van der Waals surface area contributed by atoms with Crippen molar-refractivity contribution >= 4 is 10.0 Å². The zero-order valence-electron chi connectivity index (χ0n) is 10.9. The number of sulfonamides is 1. The second kappa shape index (κ2) is 6.10. The van der Waals surface area contributed by atoms with E-state index in [1.54, 1.807) is 13.0 Å². The third-order valence-corrected chi connectivity index (χ3v) is 4.06. The van der Waals surface area contributed by atoms with Gasteiger partial charge in [-0.25, -0.2) is 22.5 Å². The van der Waals surface area contributed by atoms with Gasteiger partial charge in [0.1, 0.15) is 18.5 Å². The average molecular weight is 298 g/mol. The van der Waals surface area contributed by atoms with Crippen molar-refractivity contribution in [2.45, 2.75) is 25.3 Å². The van der Waals surface area contributed by atoms with Gasteiger partial charge < -0.3 is 0 Å². The average Bonchev–Trinajstić information content (AvgIpc) is 2.83. The van der Waals surface area contributed by atoms with Gasteiger partial charge in [-0.1, -0.05) is 18.2 Å². The van der Waals surface area contributed by atoms with E-state index in [9.17, 15) is 12.8 Å². The van der Waals surface area contributed by atoms with Crippen LogP contribution >= 0.6 is 0 Å². The summed E-state index contributed by atoms with van der Waals surface area (Å²) in [6, 6.07) is 5.45. The second-order valence-electron chi connectivity index (χ2n) is 4.49. The van der Waals surface area contributed by atoms with Crippen LogP contribution in [0.2, 0.25) is 0 Å². The first-order valence-corrected chi connectivity index (χ1v) is 7.67. The number of hydrogen-bond donors (Lipinski definition) is 1. The molecule has 0 bridgehead atoms. The fourth-order valence-corrected chi connectivity index (χ4v) is 3.23. The van der Waals surface area contributed by atoms with Gasteiger partial charge in [-0.15, -0.1) is 0 Å². The molecule has 1 atom stereocenters. The third kappa shape index (κ3) is 4.10. The van der Waals surface area contributed by atoms with Crippen molar-refractivity contribution in [3.8, 4) is 0 Å². The number of benzene rings is 1. The van der Waals surface area contributed by atoms with Gasteiger partial charge in [-0.05, 0) is 13.0 Å². The normalized spacial score (nSPS) is 13.3. The third-order valence-electron chi connectivity index (χ3n) is 2.61. The van der Waals surface area contributed by atoms with E-state index in [4.69, 9.17) is 0 Å². The molecule has 2 rings (SSSR count). The maximum Gasteiger partial charge on any atom is 0.216 e. The van der Waals surface area contributed by atoms with Gasteiger partial charge in [0, 0.05) is 11.6 Å². The number of halogens is 1. The molecule has 0 aliphatic heterocycles. The highest BCUT2D eigenvalue weighted by Crippen LogP contribution is 2.10. The van der Waals surface area contributed by atoms with Crippen LogP contribution in [0.15, 0.2) is 36.9 Å². The Morgan fingerprint density at radius 3 is 2.80 bits per heavy atom. The molecule has 0 spiro atoms. The lowest BCUT2D eigenvalue weighted by Gasteiger charge is -2.14. The molecular weight excluding hydrogens is 283 g/mol. The molecule has 0 fully saturated rings. The van der Waals surface area contributed by atoms with Gasteiger partial charge in [0.05, 0.1) is 12.3 Å². The number of hydrogen-bond acceptors (Lipinski definition) is 4. The smallest absolute Gasteiger partial charge is 0.216 e. The maximum atomic E-state index is 13.4. The van der Waals surface area contributed by atoms with Crippen LogP contribution in [0.25, 0.3) is 0 Å². The van der Waals surface area contributed by atoms with Crippen LogP contribution in [0, 0.1) is 5.82 Å². The Balaban J connectivity index is 1.99. The Morgan fingerprint density at radius 2 is 2.15 bits per heavy atom. The van der Waals surface area contributed by atoms with Crippen LogP contribution < -0.4 is 4.72 Å². The Kier molecular flexibility index (Phi) is 4.46. The Bertz CT molecular complexity index is 658. The van der Waals surface area contributed by atoms with E-state index in [0.29, 0.717) is 6.54 Å². The molecule has 20 heavy (non-hydrogen) atoms. The van der Waals surface area contributed by atoms with Crippen LogP contribution in [-0.4, -0.2) is 29.2 Å². The largest absolute Gasteiger partial charge is 0.251 e. The lowest BCUT2D eigenvalue weighted by molar-refractivity contribution is 0.492. The van der Waals surface area contributed by atoms with E-state index >= 15 is 0 Å². The number of rotatable bonds is 6. The molecule has 1 aromatic carbocycles. The SMILES string of the molecule is CC(Cn1cncn1)NS(=O)(=O)Cc1ccccc1F. The molecule has 1 heterocycles. The van der Waals surface area contributed by atoms with Crippen molar-refractivity contribution < 1.29 is 12.8 Å². The molecule has 2 aromatic rings. The van der Waals surface area contributed by atoms with E-state index in [0.717, 1.165) is 0 Å². The predicted octanol–water partition coefficient (Wildman–Crippen LogP) is 0.925. The van der Waals surface area contributed by atoms with Crippen molar-refractivity contribution in [3.05, 3.63) is 48.3 Å². The summed E-state index contributed by atoms with van der Waals surface area (Å²) < 4.78 is 41.4. The lowest BCUT2D eigenvalue weighted by atomic mass is 10.2. The van der Waals surface area contributed by atoms with Crippen LogP contribution in [0.3, 0.4) is 0 Å². The first-order chi connectivity index (χ1) is 9.46. The Labute approximate surface area is 116 Å². The van der Waals surface area contributed by atoms with Crippen LogP contribution in [0.5, 0.6) is 0 Å². The maximum absolute atomic E-state index is 13.4. The second-order valence-corrected chi connectivity index (χ2v) is 6.24. The monoisotopic (exact) mass is 298 g/mol. The van der Waals surface area contributed by atoms with E-state index in [2.05, 4.69) is 14.8 Å². The van der Waals surface area contributed by atoms with E-state index in [-0.39, 0.29) is 17.4 Å². The summed E-state index contributed by atoms with van der Waals surface area (Å²) >= 11 is 0. The summed E-state index contributed by atoms with van der Waals surface area (Å²) in [6.07, 6.45) is 2.88. The Hall–Kier alpha value is -1.80. The number of aromatic nitrogens is 3. The van der Waals surface area contributed by atoms with E-state index < -0.39 is 15.8 Å². The highest BCUT2D eigenvalue weighted by molar-refractivity contribution is 7.88. The highest BCUT2D eigenvalue weighted by atomic mass is 32.2. The van der Waals surface area contributed by atoms with Gasteiger partial charge in [-0.2, -0.15) is 5.10 Å². The first-order valence-electron chi connectivity index (χ1n) is 6.02. The summed E-state index contributed by atoms with van der Waals surface area (Å²) in [5.41, 5.74) is 0.146. The van der Waals surface area contributed by atoms with Crippen LogP contribution in [0.4, 0.5) is 4.39 Å². The number of nitrogens with zero attached hydrogens (tertiary/aromatic N) is 3. The first kappa shape index (κ1) is 14.6.